The highest BCUT2D eigenvalue weighted by Crippen LogP contribution is 2.42. The first kappa shape index (κ1) is 49.3. The van der Waals surface area contributed by atoms with Crippen molar-refractivity contribution < 1.29 is 38.2 Å². The van der Waals surface area contributed by atoms with Crippen LogP contribution in [0.2, 0.25) is 0 Å². The van der Waals surface area contributed by atoms with Crippen molar-refractivity contribution in [3.8, 4) is 22.5 Å². The van der Waals surface area contributed by atoms with Gasteiger partial charge in [0.25, 0.3) is 5.91 Å². The van der Waals surface area contributed by atoms with Crippen molar-refractivity contribution in [2.45, 2.75) is 110 Å². The Morgan fingerprint density at radius 2 is 1.88 bits per heavy atom. The summed E-state index contributed by atoms with van der Waals surface area (Å²) in [5.74, 6) is -2.02. The molecule has 2 N–H and O–H groups in total. The van der Waals surface area contributed by atoms with Gasteiger partial charge in [0.1, 0.15) is 18.1 Å². The van der Waals surface area contributed by atoms with Gasteiger partial charge in [-0.2, -0.15) is 0 Å². The summed E-state index contributed by atoms with van der Waals surface area (Å²) >= 11 is 0. The van der Waals surface area contributed by atoms with Crippen LogP contribution in [-0.4, -0.2) is 148 Å². The number of methoxy groups -OCH3 is 1. The fraction of sp³-hybridized carbons (Fsp3) is 0.519. The molecule has 5 amide bonds. The second-order valence-electron chi connectivity index (χ2n) is 19.9. The number of carbonyl (C=O) groups excluding carboxylic acids is 5. The summed E-state index contributed by atoms with van der Waals surface area (Å²) in [5.41, 5.74) is 9.68. The Kier molecular flexibility index (Phi) is 14.6. The van der Waals surface area contributed by atoms with E-state index in [1.54, 1.807) is 30.2 Å². The number of pyridine rings is 2. The number of hydrogen-bond donors (Lipinski definition) is 2. The molecule has 7 heterocycles. The van der Waals surface area contributed by atoms with Crippen LogP contribution < -0.4 is 10.7 Å². The second kappa shape index (κ2) is 20.4. The van der Waals surface area contributed by atoms with E-state index in [0.29, 0.717) is 56.9 Å². The van der Waals surface area contributed by atoms with Crippen molar-refractivity contribution in [3.05, 3.63) is 84.3 Å². The van der Waals surface area contributed by atoms with E-state index in [0.717, 1.165) is 39.0 Å². The number of benzene rings is 1. The molecule has 17 nitrogen and oxygen atoms in total. The summed E-state index contributed by atoms with van der Waals surface area (Å²) in [6.07, 6.45) is 3.98. The number of rotatable bonds is 9. The predicted molar refractivity (Wildman–Crippen MR) is 260 cm³/mol. The number of esters is 1. The molecule has 69 heavy (non-hydrogen) atoms. The van der Waals surface area contributed by atoms with Gasteiger partial charge in [-0.25, -0.2) is 10.2 Å². The number of morpholine rings is 1. The van der Waals surface area contributed by atoms with Gasteiger partial charge in [0.05, 0.1) is 55.1 Å². The molecular weight excluding hydrogens is 879 g/mol. The molecule has 8 rings (SSSR count). The van der Waals surface area contributed by atoms with Gasteiger partial charge in [-0.05, 0) is 87.1 Å². The number of aromatic nitrogens is 3. The average Bonchev–Trinajstić information content (AvgIpc) is 3.93. The molecule has 4 aromatic rings. The van der Waals surface area contributed by atoms with Crippen LogP contribution in [0.3, 0.4) is 0 Å². The lowest BCUT2D eigenvalue weighted by atomic mass is 9.84. The highest BCUT2D eigenvalue weighted by Gasteiger charge is 2.46. The molecule has 368 valence electrons. The Balaban J connectivity index is 1.15. The van der Waals surface area contributed by atoms with E-state index < -0.39 is 47.4 Å². The van der Waals surface area contributed by atoms with Gasteiger partial charge in [0.15, 0.2) is 0 Å². The van der Waals surface area contributed by atoms with Crippen LogP contribution in [0.25, 0.3) is 33.4 Å². The summed E-state index contributed by atoms with van der Waals surface area (Å²) in [4.78, 5) is 84.9. The number of hydrazine groups is 1. The molecule has 17 heteroatoms. The zero-order valence-electron chi connectivity index (χ0n) is 41.2. The minimum absolute atomic E-state index is 0.0215. The molecule has 0 aliphatic carbocycles. The minimum atomic E-state index is -1.13. The number of cyclic esters (lactones) is 1. The number of aryl methyl sites for hydroxylation is 1. The molecule has 0 spiro atoms. The average molecular weight is 946 g/mol. The molecule has 3 saturated heterocycles. The smallest absolute Gasteiger partial charge is 0.324 e. The third-order valence-corrected chi connectivity index (χ3v) is 14.1. The number of fused-ring (bicyclic) bond motifs is 7. The molecule has 0 radical (unpaired) electrons. The maximum atomic E-state index is 14.8. The second-order valence-corrected chi connectivity index (χ2v) is 19.9. The first-order valence-electron chi connectivity index (χ1n) is 24.2. The summed E-state index contributed by atoms with van der Waals surface area (Å²) in [6, 6.07) is 12.4. The number of urea groups is 1. The normalized spacial score (nSPS) is 22.7. The Hall–Kier alpha value is -6.17. The van der Waals surface area contributed by atoms with Crippen LogP contribution in [0, 0.1) is 11.3 Å². The Labute approximate surface area is 404 Å². The Morgan fingerprint density at radius 3 is 2.62 bits per heavy atom. The highest BCUT2D eigenvalue weighted by molar-refractivity contribution is 5.96. The first-order chi connectivity index (χ1) is 33.0. The van der Waals surface area contributed by atoms with Crippen molar-refractivity contribution >= 4 is 40.6 Å². The van der Waals surface area contributed by atoms with E-state index in [1.165, 1.54) is 16.0 Å². The standard InChI is InChI=1S/C52H67N9O8/c1-10-44(62)60-23-24-68-43-29-58(28-42(43)60)51(66)57(8)46(31(3)4)48(63)55-40-26-34-15-12-17-38(54-34)33-19-20-41-36(25-33)37(47(59(41)11-2)35-16-13-21-53-45(35)32(5)67-9)27-52(6,7)30-69-50(65)39-18-14-22-61(56-39)49(40)64/h10,12-13,15-17,19-21,25,31-32,39-40,42-43,46,56H,1,11,14,18,22-24,26-30H2,2-9H3,(H,55,63)/t32-,39-,40-,42+,43-,46-/m0/s1. The SMILES string of the molecule is C=CC(=O)N1CCO[C@H]2CN(C(=O)N(C)[C@H](C(=O)N[C@H]3Cc4cccc(n4)-c4ccc5c(c4)c(c(-c4cccnc4[C@H](C)OC)n5CC)CC(C)(C)COC(=O)[C@@H]4CCCN(N4)C3=O)C(C)C)C[C@H]21. The van der Waals surface area contributed by atoms with Gasteiger partial charge in [0.2, 0.25) is 11.8 Å². The lowest BCUT2D eigenvalue weighted by Gasteiger charge is -2.37. The monoisotopic (exact) mass is 946 g/mol. The van der Waals surface area contributed by atoms with Crippen molar-refractivity contribution in [1.82, 2.24) is 45.0 Å². The number of ether oxygens (including phenoxy) is 3. The van der Waals surface area contributed by atoms with Gasteiger partial charge in [0, 0.05) is 86.1 Å². The minimum Gasteiger partial charge on any atom is -0.464 e. The van der Waals surface area contributed by atoms with E-state index >= 15 is 0 Å². The van der Waals surface area contributed by atoms with Crippen LogP contribution in [0.15, 0.2) is 67.4 Å². The number of nitrogens with one attached hydrogen (secondary N) is 2. The molecular formula is C52H67N9O8. The molecule has 0 saturated carbocycles. The fourth-order valence-corrected chi connectivity index (χ4v) is 10.6. The first-order valence-corrected chi connectivity index (χ1v) is 24.2. The van der Waals surface area contributed by atoms with Gasteiger partial charge < -0.3 is 38.8 Å². The molecule has 1 aromatic carbocycles. The van der Waals surface area contributed by atoms with Gasteiger partial charge >= 0.3 is 12.0 Å². The number of hydrogen-bond acceptors (Lipinski definition) is 11. The van der Waals surface area contributed by atoms with Crippen molar-refractivity contribution in [1.29, 1.82) is 0 Å². The molecule has 0 unspecified atom stereocenters. The number of likely N-dealkylation sites (tertiary alicyclic amines) is 1. The van der Waals surface area contributed by atoms with Crippen LogP contribution in [0.5, 0.6) is 0 Å². The van der Waals surface area contributed by atoms with E-state index in [2.05, 4.69) is 66.9 Å². The molecule has 3 aromatic heterocycles. The number of likely N-dealkylation sites (N-methyl/N-ethyl adjacent to an activating group) is 1. The zero-order chi connectivity index (χ0) is 49.3. The van der Waals surface area contributed by atoms with Crippen LogP contribution in [0.4, 0.5) is 4.79 Å². The Bertz CT molecular complexity index is 2610. The van der Waals surface area contributed by atoms with E-state index in [1.807, 2.05) is 45.0 Å². The van der Waals surface area contributed by atoms with Crippen LogP contribution in [0.1, 0.15) is 77.4 Å². The maximum absolute atomic E-state index is 14.8. The number of nitrogens with zero attached hydrogens (tertiary/aromatic N) is 7. The van der Waals surface area contributed by atoms with E-state index in [-0.39, 0.29) is 56.2 Å². The summed E-state index contributed by atoms with van der Waals surface area (Å²) in [6.45, 7) is 18.0. The lowest BCUT2D eigenvalue weighted by molar-refractivity contribution is -0.155. The topological polar surface area (TPSA) is 181 Å². The molecule has 3 fully saturated rings. The fourth-order valence-electron chi connectivity index (χ4n) is 10.6. The predicted octanol–water partition coefficient (Wildman–Crippen LogP) is 5.32. The van der Waals surface area contributed by atoms with Gasteiger partial charge in [-0.1, -0.05) is 46.4 Å². The quantitative estimate of drug-likeness (QED) is 0.164. The number of carbonyl (C=O) groups is 5. The largest absolute Gasteiger partial charge is 0.464 e. The summed E-state index contributed by atoms with van der Waals surface area (Å²) in [7, 11) is 3.26. The molecule has 6 atom stereocenters. The molecule has 4 aliphatic heterocycles. The third-order valence-electron chi connectivity index (χ3n) is 14.1. The van der Waals surface area contributed by atoms with Crippen molar-refractivity contribution in [2.75, 3.05) is 53.6 Å². The van der Waals surface area contributed by atoms with Crippen molar-refractivity contribution in [2.24, 2.45) is 11.3 Å². The highest BCUT2D eigenvalue weighted by atomic mass is 16.5. The molecule has 4 aliphatic rings. The summed E-state index contributed by atoms with van der Waals surface area (Å²) < 4.78 is 20.2. The maximum Gasteiger partial charge on any atom is 0.324 e. The van der Waals surface area contributed by atoms with Crippen LogP contribution in [-0.2, 0) is 52.8 Å². The van der Waals surface area contributed by atoms with E-state index in [4.69, 9.17) is 24.2 Å². The van der Waals surface area contributed by atoms with Gasteiger partial charge in [-0.15, -0.1) is 0 Å². The third kappa shape index (κ3) is 9.99. The van der Waals surface area contributed by atoms with Crippen LogP contribution >= 0.6 is 0 Å². The van der Waals surface area contributed by atoms with Gasteiger partial charge in [-0.3, -0.25) is 34.2 Å². The lowest BCUT2D eigenvalue weighted by Crippen LogP contribution is -2.62. The Morgan fingerprint density at radius 1 is 1.09 bits per heavy atom. The summed E-state index contributed by atoms with van der Waals surface area (Å²) in [5, 5.41) is 5.47. The number of amides is 5. The van der Waals surface area contributed by atoms with E-state index in [9.17, 15) is 24.0 Å². The molecule has 6 bridgehead atoms. The zero-order valence-corrected chi connectivity index (χ0v) is 41.2. The van der Waals surface area contributed by atoms with Crippen molar-refractivity contribution in [3.63, 3.8) is 0 Å².